The predicted octanol–water partition coefficient (Wildman–Crippen LogP) is 1.33. The average Bonchev–Trinajstić information content (AvgIpc) is 2.17. The quantitative estimate of drug-likeness (QED) is 0.595. The van der Waals surface area contributed by atoms with Crippen LogP contribution in [0.3, 0.4) is 0 Å². The van der Waals surface area contributed by atoms with Gasteiger partial charge in [-0.3, -0.25) is 0 Å². The average molecular weight is 223 g/mol. The number of hydrogen-bond acceptors (Lipinski definition) is 4. The highest BCUT2D eigenvalue weighted by molar-refractivity contribution is 7.67. The van der Waals surface area contributed by atoms with Gasteiger partial charge in [-0.15, -0.1) is 0 Å². The third-order valence-corrected chi connectivity index (χ3v) is 2.43. The standard InChI is InChI=1S/C10H9NO3S/c11-10-3-1-2-7-6-8(14-15(12)13)4-5-9(7)10/h1-6,15H,11H2. The van der Waals surface area contributed by atoms with E-state index in [2.05, 4.69) is 4.18 Å². The molecule has 2 N–H and O–H groups in total. The van der Waals surface area contributed by atoms with E-state index in [4.69, 9.17) is 5.73 Å². The van der Waals surface area contributed by atoms with E-state index in [1.807, 2.05) is 6.07 Å². The van der Waals surface area contributed by atoms with Crippen LogP contribution in [0.15, 0.2) is 36.4 Å². The third-order valence-electron chi connectivity index (χ3n) is 2.07. The lowest BCUT2D eigenvalue weighted by Gasteiger charge is -2.03. The van der Waals surface area contributed by atoms with Gasteiger partial charge in [0.2, 0.25) is 0 Å². The van der Waals surface area contributed by atoms with Gasteiger partial charge in [0.25, 0.3) is 11.0 Å². The Bertz CT molecular complexity index is 570. The summed E-state index contributed by atoms with van der Waals surface area (Å²) in [5.74, 6) is 0.296. The van der Waals surface area contributed by atoms with E-state index in [1.165, 1.54) is 0 Å². The fraction of sp³-hybridized carbons (Fsp3) is 0. The van der Waals surface area contributed by atoms with Crippen molar-refractivity contribution in [2.24, 2.45) is 0 Å². The molecule has 4 nitrogen and oxygen atoms in total. The van der Waals surface area contributed by atoms with E-state index in [0.29, 0.717) is 11.4 Å². The number of thiol groups is 1. The second-order valence-electron chi connectivity index (χ2n) is 3.05. The molecule has 0 amide bonds. The smallest absolute Gasteiger partial charge is 0.299 e. The van der Waals surface area contributed by atoms with Crippen LogP contribution in [0.2, 0.25) is 0 Å². The molecule has 0 saturated heterocycles. The van der Waals surface area contributed by atoms with Crippen molar-refractivity contribution in [1.82, 2.24) is 0 Å². The zero-order valence-electron chi connectivity index (χ0n) is 7.71. The van der Waals surface area contributed by atoms with Gasteiger partial charge in [0.05, 0.1) is 0 Å². The van der Waals surface area contributed by atoms with Crippen molar-refractivity contribution in [3.8, 4) is 5.75 Å². The van der Waals surface area contributed by atoms with Crippen LogP contribution in [0.5, 0.6) is 5.75 Å². The second-order valence-corrected chi connectivity index (χ2v) is 3.67. The van der Waals surface area contributed by atoms with Crippen LogP contribution in [0.4, 0.5) is 5.69 Å². The molecule has 0 fully saturated rings. The molecule has 2 aromatic rings. The molecule has 0 bridgehead atoms. The molecular formula is C10H9NO3S. The molecule has 0 aliphatic heterocycles. The number of hydrogen-bond donors (Lipinski definition) is 2. The molecule has 0 heterocycles. The van der Waals surface area contributed by atoms with Gasteiger partial charge < -0.3 is 9.92 Å². The van der Waals surface area contributed by atoms with E-state index in [9.17, 15) is 8.42 Å². The van der Waals surface area contributed by atoms with Crippen LogP contribution in [-0.4, -0.2) is 8.42 Å². The third kappa shape index (κ3) is 2.02. The maximum absolute atomic E-state index is 10.4. The van der Waals surface area contributed by atoms with Gasteiger partial charge in [-0.2, -0.15) is 8.42 Å². The Morgan fingerprint density at radius 2 is 1.93 bits per heavy atom. The number of fused-ring (bicyclic) bond motifs is 1. The molecule has 2 rings (SSSR count). The van der Waals surface area contributed by atoms with Crippen molar-refractivity contribution in [3.63, 3.8) is 0 Å². The highest BCUT2D eigenvalue weighted by Gasteiger charge is 2.00. The van der Waals surface area contributed by atoms with Gasteiger partial charge in [-0.05, 0) is 29.7 Å². The molecule has 0 atom stereocenters. The van der Waals surface area contributed by atoms with Crippen molar-refractivity contribution in [2.45, 2.75) is 0 Å². The lowest BCUT2D eigenvalue weighted by Crippen LogP contribution is -1.91. The molecule has 0 saturated carbocycles. The van der Waals surface area contributed by atoms with Crippen LogP contribution in [0, 0.1) is 0 Å². The van der Waals surface area contributed by atoms with E-state index in [0.717, 1.165) is 10.8 Å². The van der Waals surface area contributed by atoms with Gasteiger partial charge in [-0.25, -0.2) is 0 Å². The first-order valence-electron chi connectivity index (χ1n) is 4.27. The Morgan fingerprint density at radius 1 is 1.13 bits per heavy atom. The molecule has 2 aromatic carbocycles. The highest BCUT2D eigenvalue weighted by Crippen LogP contribution is 2.25. The van der Waals surface area contributed by atoms with Gasteiger partial charge in [0.15, 0.2) is 0 Å². The first-order chi connectivity index (χ1) is 7.16. The van der Waals surface area contributed by atoms with E-state index < -0.39 is 11.0 Å². The monoisotopic (exact) mass is 223 g/mol. The number of anilines is 1. The van der Waals surface area contributed by atoms with Crippen molar-refractivity contribution < 1.29 is 12.6 Å². The summed E-state index contributed by atoms with van der Waals surface area (Å²) in [5.41, 5.74) is 6.41. The van der Waals surface area contributed by atoms with Crippen molar-refractivity contribution in [2.75, 3.05) is 5.73 Å². The summed E-state index contributed by atoms with van der Waals surface area (Å²) in [6, 6.07) is 10.4. The Morgan fingerprint density at radius 3 is 2.67 bits per heavy atom. The molecule has 0 radical (unpaired) electrons. The zero-order valence-corrected chi connectivity index (χ0v) is 8.61. The summed E-state index contributed by atoms with van der Waals surface area (Å²) in [7, 11) is -2.87. The first kappa shape index (κ1) is 9.79. The Kier molecular flexibility index (Phi) is 2.47. The van der Waals surface area contributed by atoms with Crippen LogP contribution in [0.1, 0.15) is 0 Å². The maximum atomic E-state index is 10.4. The Hall–Kier alpha value is -1.75. The fourth-order valence-corrected chi connectivity index (χ4v) is 1.72. The summed E-state index contributed by atoms with van der Waals surface area (Å²) < 4.78 is 25.3. The minimum atomic E-state index is -2.87. The van der Waals surface area contributed by atoms with Crippen LogP contribution >= 0.6 is 0 Å². The lowest BCUT2D eigenvalue weighted by molar-refractivity contribution is 0.511. The Labute approximate surface area is 88.4 Å². The molecule has 0 aliphatic carbocycles. The largest absolute Gasteiger partial charge is 0.398 e. The van der Waals surface area contributed by atoms with E-state index in [-0.39, 0.29) is 0 Å². The van der Waals surface area contributed by atoms with Crippen molar-refractivity contribution in [3.05, 3.63) is 36.4 Å². The summed E-state index contributed by atoms with van der Waals surface area (Å²) in [4.78, 5) is 0. The van der Waals surface area contributed by atoms with Crippen LogP contribution in [0.25, 0.3) is 10.8 Å². The minimum absolute atomic E-state index is 0.296. The summed E-state index contributed by atoms with van der Waals surface area (Å²) in [6.07, 6.45) is 0. The van der Waals surface area contributed by atoms with E-state index in [1.54, 1.807) is 30.3 Å². The fourth-order valence-electron chi connectivity index (χ4n) is 1.43. The molecule has 0 spiro atoms. The second kappa shape index (κ2) is 3.78. The molecule has 5 heteroatoms. The molecule has 78 valence electrons. The van der Waals surface area contributed by atoms with Crippen molar-refractivity contribution in [1.29, 1.82) is 0 Å². The molecule has 0 aliphatic rings. The zero-order chi connectivity index (χ0) is 10.8. The number of nitrogens with two attached hydrogens (primary N) is 1. The van der Waals surface area contributed by atoms with Gasteiger partial charge in [-0.1, -0.05) is 12.1 Å². The SMILES string of the molecule is Nc1cccc2cc(O[SH](=O)=O)ccc12. The highest BCUT2D eigenvalue weighted by atomic mass is 32.2. The summed E-state index contributed by atoms with van der Waals surface area (Å²) in [5, 5.41) is 1.73. The van der Waals surface area contributed by atoms with Crippen LogP contribution < -0.4 is 9.92 Å². The Balaban J connectivity index is 2.56. The summed E-state index contributed by atoms with van der Waals surface area (Å²) in [6.45, 7) is 0. The summed E-state index contributed by atoms with van der Waals surface area (Å²) >= 11 is 0. The van der Waals surface area contributed by atoms with Crippen LogP contribution in [-0.2, 0) is 11.0 Å². The molecule has 0 unspecified atom stereocenters. The first-order valence-corrected chi connectivity index (χ1v) is 5.37. The molecule has 15 heavy (non-hydrogen) atoms. The van der Waals surface area contributed by atoms with Crippen molar-refractivity contribution >= 4 is 27.4 Å². The normalized spacial score (nSPS) is 10.7. The topological polar surface area (TPSA) is 69.4 Å². The minimum Gasteiger partial charge on any atom is -0.398 e. The predicted molar refractivity (Wildman–Crippen MR) is 59.3 cm³/mol. The molecular weight excluding hydrogens is 214 g/mol. The van der Waals surface area contributed by atoms with Gasteiger partial charge in [0.1, 0.15) is 5.75 Å². The maximum Gasteiger partial charge on any atom is 0.299 e. The van der Waals surface area contributed by atoms with Gasteiger partial charge in [0, 0.05) is 11.1 Å². The van der Waals surface area contributed by atoms with E-state index >= 15 is 0 Å². The lowest BCUT2D eigenvalue weighted by atomic mass is 10.1. The number of benzene rings is 2. The molecule has 0 aromatic heterocycles. The number of nitrogen functional groups attached to an aromatic ring is 1. The number of rotatable bonds is 2. The van der Waals surface area contributed by atoms with Gasteiger partial charge >= 0.3 is 0 Å².